The van der Waals surface area contributed by atoms with Gasteiger partial charge in [-0.25, -0.2) is 9.78 Å². The molecule has 1 aromatic heterocycles. The Morgan fingerprint density at radius 2 is 2.17 bits per heavy atom. The molecule has 3 rings (SSSR count). The minimum atomic E-state index is -0.866. The molecule has 2 amide bonds. The first kappa shape index (κ1) is 16.8. The lowest BCUT2D eigenvalue weighted by Crippen LogP contribution is -2.47. The molecule has 0 spiro atoms. The number of anilines is 1. The average molecular weight is 396 g/mol. The van der Waals surface area contributed by atoms with E-state index < -0.39 is 11.9 Å². The van der Waals surface area contributed by atoms with Crippen molar-refractivity contribution in [1.82, 2.24) is 9.88 Å². The van der Waals surface area contributed by atoms with Gasteiger partial charge in [0.15, 0.2) is 11.5 Å². The van der Waals surface area contributed by atoms with Gasteiger partial charge in [0.05, 0.1) is 11.6 Å². The summed E-state index contributed by atoms with van der Waals surface area (Å²) in [5.41, 5.74) is 1.66. The number of carboxylic acid groups (broad SMARTS) is 1. The molecule has 7 nitrogen and oxygen atoms in total. The minimum Gasteiger partial charge on any atom is -0.481 e. The molecule has 0 radical (unpaired) electrons. The van der Waals surface area contributed by atoms with Crippen LogP contribution in [0.25, 0.3) is 11.1 Å². The lowest BCUT2D eigenvalue weighted by atomic mass is 9.91. The summed E-state index contributed by atoms with van der Waals surface area (Å²) >= 11 is 3.39. The number of hydrogen-bond donors (Lipinski definition) is 2. The number of oxazole rings is 1. The second-order valence-electron chi connectivity index (χ2n) is 6.25. The maximum atomic E-state index is 12.6. The fourth-order valence-corrected chi connectivity index (χ4v) is 3.54. The van der Waals surface area contributed by atoms with Gasteiger partial charge < -0.3 is 19.7 Å². The molecule has 2 unspecified atom stereocenters. The van der Waals surface area contributed by atoms with Crippen LogP contribution in [0.3, 0.4) is 0 Å². The highest BCUT2D eigenvalue weighted by Crippen LogP contribution is 2.30. The second kappa shape index (κ2) is 6.43. The molecule has 1 fully saturated rings. The Hall–Kier alpha value is -2.09. The monoisotopic (exact) mass is 395 g/mol. The third-order valence-electron chi connectivity index (χ3n) is 4.10. The highest BCUT2D eigenvalue weighted by atomic mass is 79.9. The number of likely N-dealkylation sites (tertiary alicyclic amines) is 1. The van der Waals surface area contributed by atoms with Crippen molar-refractivity contribution in [1.29, 1.82) is 0 Å². The van der Waals surface area contributed by atoms with Crippen LogP contribution < -0.4 is 5.32 Å². The van der Waals surface area contributed by atoms with E-state index in [0.29, 0.717) is 35.6 Å². The van der Waals surface area contributed by atoms with E-state index in [4.69, 9.17) is 4.42 Å². The second-order valence-corrected chi connectivity index (χ2v) is 7.16. The van der Waals surface area contributed by atoms with Gasteiger partial charge in [-0.15, -0.1) is 0 Å². The normalized spacial score (nSPS) is 21.0. The van der Waals surface area contributed by atoms with E-state index in [1.54, 1.807) is 17.9 Å². The Morgan fingerprint density at radius 1 is 1.42 bits per heavy atom. The molecule has 2 aromatic rings. The van der Waals surface area contributed by atoms with E-state index in [1.807, 2.05) is 13.0 Å². The molecule has 0 bridgehead atoms. The summed E-state index contributed by atoms with van der Waals surface area (Å²) in [5.74, 6) is -0.749. The van der Waals surface area contributed by atoms with Crippen molar-refractivity contribution >= 4 is 44.7 Å². The minimum absolute atomic E-state index is 0.139. The number of halogens is 1. The molecule has 2 atom stereocenters. The number of aliphatic carboxylic acids is 1. The van der Waals surface area contributed by atoms with Crippen molar-refractivity contribution < 1.29 is 19.1 Å². The lowest BCUT2D eigenvalue weighted by molar-refractivity contribution is -0.143. The predicted molar refractivity (Wildman–Crippen MR) is 91.9 cm³/mol. The first-order valence-corrected chi connectivity index (χ1v) is 8.48. The molecular formula is C16H18BrN3O4. The smallest absolute Gasteiger partial charge is 0.321 e. The van der Waals surface area contributed by atoms with Crippen LogP contribution in [0.1, 0.15) is 19.2 Å². The lowest BCUT2D eigenvalue weighted by Gasteiger charge is -2.34. The highest BCUT2D eigenvalue weighted by molar-refractivity contribution is 9.10. The first-order valence-electron chi connectivity index (χ1n) is 7.69. The van der Waals surface area contributed by atoms with Crippen LogP contribution >= 0.6 is 15.9 Å². The van der Waals surface area contributed by atoms with Gasteiger partial charge in [0.1, 0.15) is 5.52 Å². The van der Waals surface area contributed by atoms with Crippen LogP contribution in [0.4, 0.5) is 10.5 Å². The largest absolute Gasteiger partial charge is 0.481 e. The third-order valence-corrected chi connectivity index (χ3v) is 4.56. The van der Waals surface area contributed by atoms with Crippen LogP contribution in [-0.4, -0.2) is 40.1 Å². The van der Waals surface area contributed by atoms with Gasteiger partial charge in [-0.1, -0.05) is 22.9 Å². The molecule has 8 heteroatoms. The molecule has 2 heterocycles. The molecule has 24 heavy (non-hydrogen) atoms. The number of carbonyl (C=O) groups is 2. The van der Waals surface area contributed by atoms with Crippen molar-refractivity contribution in [3.63, 3.8) is 0 Å². The number of benzene rings is 1. The molecular weight excluding hydrogens is 378 g/mol. The maximum absolute atomic E-state index is 12.6. The zero-order chi connectivity index (χ0) is 17.4. The summed E-state index contributed by atoms with van der Waals surface area (Å²) in [6.07, 6.45) is 0.585. The molecule has 128 valence electrons. The molecule has 1 saturated heterocycles. The van der Waals surface area contributed by atoms with Gasteiger partial charge in [0.2, 0.25) is 0 Å². The van der Waals surface area contributed by atoms with Crippen LogP contribution in [0.15, 0.2) is 21.0 Å². The number of carboxylic acids is 1. The number of rotatable bonds is 2. The summed E-state index contributed by atoms with van der Waals surface area (Å²) in [6, 6.07) is 3.22. The Bertz CT molecular complexity index is 804. The summed E-state index contributed by atoms with van der Waals surface area (Å²) in [6.45, 7) is 4.43. The number of urea groups is 1. The predicted octanol–water partition coefficient (Wildman–Crippen LogP) is 3.47. The van der Waals surface area contributed by atoms with Crippen LogP contribution in [0.5, 0.6) is 0 Å². The van der Waals surface area contributed by atoms with E-state index in [0.717, 1.165) is 4.47 Å². The Labute approximate surface area is 147 Å². The number of aryl methyl sites for hydroxylation is 1. The van der Waals surface area contributed by atoms with Crippen molar-refractivity contribution in [3.8, 4) is 0 Å². The van der Waals surface area contributed by atoms with Gasteiger partial charge in [-0.3, -0.25) is 4.79 Å². The summed E-state index contributed by atoms with van der Waals surface area (Å²) in [7, 11) is 0. The van der Waals surface area contributed by atoms with Gasteiger partial charge in [-0.05, 0) is 24.5 Å². The number of carbonyl (C=O) groups excluding carboxylic acids is 1. The molecule has 1 aliphatic heterocycles. The zero-order valence-electron chi connectivity index (χ0n) is 13.4. The molecule has 0 saturated carbocycles. The number of nitrogens with zero attached hydrogens (tertiary/aromatic N) is 2. The molecule has 2 N–H and O–H groups in total. The van der Waals surface area contributed by atoms with Crippen LogP contribution in [0.2, 0.25) is 0 Å². The Balaban J connectivity index is 1.83. The number of hydrogen-bond acceptors (Lipinski definition) is 4. The number of aromatic nitrogens is 1. The quantitative estimate of drug-likeness (QED) is 0.811. The molecule has 0 aliphatic carbocycles. The summed E-state index contributed by atoms with van der Waals surface area (Å²) < 4.78 is 6.34. The van der Waals surface area contributed by atoms with E-state index in [9.17, 15) is 14.7 Å². The first-order chi connectivity index (χ1) is 11.3. The Kier molecular flexibility index (Phi) is 4.49. The van der Waals surface area contributed by atoms with Crippen molar-refractivity contribution in [2.24, 2.45) is 11.8 Å². The van der Waals surface area contributed by atoms with E-state index >= 15 is 0 Å². The highest BCUT2D eigenvalue weighted by Gasteiger charge is 2.32. The van der Waals surface area contributed by atoms with Crippen LogP contribution in [0, 0.1) is 18.8 Å². The van der Waals surface area contributed by atoms with E-state index in [1.165, 1.54) is 0 Å². The van der Waals surface area contributed by atoms with E-state index in [2.05, 4.69) is 26.2 Å². The number of piperidine rings is 1. The fourth-order valence-electron chi connectivity index (χ4n) is 3.09. The van der Waals surface area contributed by atoms with Gasteiger partial charge in [0, 0.05) is 24.5 Å². The Morgan fingerprint density at radius 3 is 2.88 bits per heavy atom. The molecule has 1 aromatic carbocycles. The van der Waals surface area contributed by atoms with Gasteiger partial charge >= 0.3 is 12.0 Å². The topological polar surface area (TPSA) is 95.7 Å². The van der Waals surface area contributed by atoms with Crippen molar-refractivity contribution in [2.75, 3.05) is 18.4 Å². The average Bonchev–Trinajstić information content (AvgIpc) is 2.86. The van der Waals surface area contributed by atoms with Crippen molar-refractivity contribution in [2.45, 2.75) is 20.3 Å². The van der Waals surface area contributed by atoms with Crippen LogP contribution in [-0.2, 0) is 4.79 Å². The standard InChI is InChI=1S/C16H18BrN3O4/c1-8-3-10(15(21)22)7-20(6-8)16(23)19-13-5-11(17)4-12-14(13)24-9(2)18-12/h4-5,8,10H,3,6-7H2,1-2H3,(H,19,23)(H,21,22). The number of fused-ring (bicyclic) bond motifs is 1. The maximum Gasteiger partial charge on any atom is 0.321 e. The summed E-state index contributed by atoms with van der Waals surface area (Å²) in [5, 5.41) is 12.1. The van der Waals surface area contributed by atoms with Gasteiger partial charge in [-0.2, -0.15) is 0 Å². The number of amides is 2. The molecule has 1 aliphatic rings. The fraction of sp³-hybridized carbons (Fsp3) is 0.438. The zero-order valence-corrected chi connectivity index (χ0v) is 15.0. The number of nitrogens with one attached hydrogen (secondary N) is 1. The third kappa shape index (κ3) is 3.38. The van der Waals surface area contributed by atoms with Gasteiger partial charge in [0.25, 0.3) is 0 Å². The SMILES string of the molecule is Cc1nc2cc(Br)cc(NC(=O)N3CC(C)CC(C(=O)O)C3)c2o1. The van der Waals surface area contributed by atoms with Crippen molar-refractivity contribution in [3.05, 3.63) is 22.5 Å². The van der Waals surface area contributed by atoms with E-state index in [-0.39, 0.29) is 18.5 Å². The summed E-state index contributed by atoms with van der Waals surface area (Å²) in [4.78, 5) is 29.7.